The molecule has 12 nitrogen and oxygen atoms in total. The zero-order valence-electron chi connectivity index (χ0n) is 23.0. The van der Waals surface area contributed by atoms with Crippen molar-refractivity contribution in [1.82, 2.24) is 29.7 Å². The molecule has 0 aliphatic carbocycles. The van der Waals surface area contributed by atoms with Crippen LogP contribution < -0.4 is 22.1 Å². The molecular weight excluding hydrogens is 498 g/mol. The van der Waals surface area contributed by atoms with Gasteiger partial charge in [0.05, 0.1) is 18.5 Å². The van der Waals surface area contributed by atoms with Gasteiger partial charge in [0.15, 0.2) is 11.5 Å². The molecule has 212 valence electrons. The van der Waals surface area contributed by atoms with Gasteiger partial charge in [-0.2, -0.15) is 0 Å². The number of hydrogen-bond donors (Lipinski definition) is 5. The summed E-state index contributed by atoms with van der Waals surface area (Å²) >= 11 is 0. The van der Waals surface area contributed by atoms with Gasteiger partial charge in [-0.05, 0) is 55.6 Å². The summed E-state index contributed by atoms with van der Waals surface area (Å²) in [6.45, 7) is 9.62. The maximum atomic E-state index is 12.4. The fourth-order valence-electron chi connectivity index (χ4n) is 4.73. The molecule has 0 radical (unpaired) electrons. The second-order valence-electron chi connectivity index (χ2n) is 11.0. The Morgan fingerprint density at radius 3 is 2.64 bits per heavy atom. The lowest BCUT2D eigenvalue weighted by molar-refractivity contribution is -0.0335. The normalized spacial score (nSPS) is 19.6. The fourth-order valence-corrected chi connectivity index (χ4v) is 4.73. The highest BCUT2D eigenvalue weighted by Gasteiger charge is 2.36. The summed E-state index contributed by atoms with van der Waals surface area (Å²) in [6, 6.07) is 7.68. The first kappa shape index (κ1) is 28.7. The number of benzene rings is 1. The summed E-state index contributed by atoms with van der Waals surface area (Å²) < 4.78 is 8.03. The lowest BCUT2D eigenvalue weighted by atomic mass is 9.87. The quantitative estimate of drug-likeness (QED) is 0.229. The number of carbonyl (C=O) groups excluding carboxylic acids is 1. The molecule has 2 unspecified atom stereocenters. The molecule has 0 saturated carbocycles. The number of nitrogens with zero attached hydrogens (tertiary/aromatic N) is 5. The van der Waals surface area contributed by atoms with E-state index in [1.54, 1.807) is 10.9 Å². The van der Waals surface area contributed by atoms with E-state index >= 15 is 0 Å². The van der Waals surface area contributed by atoms with E-state index < -0.39 is 12.3 Å². The average molecular weight is 540 g/mol. The van der Waals surface area contributed by atoms with Crippen molar-refractivity contribution >= 4 is 28.7 Å². The van der Waals surface area contributed by atoms with Crippen molar-refractivity contribution in [2.45, 2.75) is 63.9 Å². The molecule has 1 fully saturated rings. The number of nitrogen functional groups attached to an aromatic ring is 1. The van der Waals surface area contributed by atoms with E-state index in [-0.39, 0.29) is 17.6 Å². The lowest BCUT2D eigenvalue weighted by Gasteiger charge is -2.26. The zero-order valence-corrected chi connectivity index (χ0v) is 23.0. The number of fused-ring (bicyclic) bond motifs is 1. The molecule has 0 spiro atoms. The van der Waals surface area contributed by atoms with Gasteiger partial charge in [-0.25, -0.2) is 19.7 Å². The van der Waals surface area contributed by atoms with Crippen LogP contribution in [0.3, 0.4) is 0 Å². The molecule has 1 aliphatic heterocycles. The topological polar surface area (TPSA) is 169 Å². The van der Waals surface area contributed by atoms with Crippen molar-refractivity contribution in [1.29, 1.82) is 0 Å². The molecule has 3 atom stereocenters. The summed E-state index contributed by atoms with van der Waals surface area (Å²) in [5, 5.41) is 16.6. The summed E-state index contributed by atoms with van der Waals surface area (Å²) in [5.41, 5.74) is 14.8. The summed E-state index contributed by atoms with van der Waals surface area (Å²) in [6.07, 6.45) is 3.59. The first-order valence-corrected chi connectivity index (χ1v) is 13.5. The fraction of sp³-hybridized carbons (Fsp3) is 0.556. The monoisotopic (exact) mass is 539 g/mol. The van der Waals surface area contributed by atoms with Crippen molar-refractivity contribution < 1.29 is 14.6 Å². The third kappa shape index (κ3) is 7.41. The number of imidazole rings is 1. The molecule has 3 heterocycles. The van der Waals surface area contributed by atoms with Crippen LogP contribution in [0.4, 0.5) is 16.3 Å². The number of urea groups is 1. The van der Waals surface area contributed by atoms with Gasteiger partial charge >= 0.3 is 6.03 Å². The number of nitrogens with one attached hydrogen (secondary N) is 2. The Labute approximate surface area is 229 Å². The highest BCUT2D eigenvalue weighted by atomic mass is 16.5. The molecule has 2 aromatic heterocycles. The van der Waals surface area contributed by atoms with Crippen LogP contribution in [-0.2, 0) is 10.2 Å². The minimum Gasteiger partial charge on any atom is -0.390 e. The SMILES string of the molecule is CC(C)(C)c1ccc(NC(=O)NCCCN(CCCN)CC2OC(n3cnc4c(N)ncnc43)C[C@@H]2O)cc1. The van der Waals surface area contributed by atoms with Crippen LogP contribution in [0.25, 0.3) is 11.2 Å². The number of anilines is 2. The molecule has 0 bridgehead atoms. The van der Waals surface area contributed by atoms with Crippen LogP contribution in [0.5, 0.6) is 0 Å². The van der Waals surface area contributed by atoms with Gasteiger partial charge in [-0.15, -0.1) is 0 Å². The lowest BCUT2D eigenvalue weighted by Crippen LogP contribution is -2.40. The van der Waals surface area contributed by atoms with Crippen LogP contribution in [0, 0.1) is 0 Å². The predicted octanol–water partition coefficient (Wildman–Crippen LogP) is 2.22. The van der Waals surface area contributed by atoms with Gasteiger partial charge in [0, 0.05) is 25.2 Å². The third-order valence-electron chi connectivity index (χ3n) is 6.96. The number of aliphatic hydroxyl groups excluding tert-OH is 1. The van der Waals surface area contributed by atoms with Crippen molar-refractivity contribution in [3.05, 3.63) is 42.5 Å². The number of nitrogens with two attached hydrogens (primary N) is 2. The van der Waals surface area contributed by atoms with E-state index in [1.807, 2.05) is 24.3 Å². The molecule has 4 rings (SSSR count). The van der Waals surface area contributed by atoms with Gasteiger partial charge in [0.2, 0.25) is 0 Å². The van der Waals surface area contributed by atoms with E-state index in [1.165, 1.54) is 11.9 Å². The van der Waals surface area contributed by atoms with Crippen molar-refractivity contribution in [3.8, 4) is 0 Å². The van der Waals surface area contributed by atoms with Crippen molar-refractivity contribution in [2.24, 2.45) is 5.73 Å². The number of rotatable bonds is 11. The Balaban J connectivity index is 1.25. The summed E-state index contributed by atoms with van der Waals surface area (Å²) in [5.74, 6) is 0.308. The number of ether oxygens (including phenoxy) is 1. The summed E-state index contributed by atoms with van der Waals surface area (Å²) in [7, 11) is 0. The molecule has 3 aromatic rings. The standard InChI is InChI=1S/C27H41N9O3/c1-27(2,3)18-6-8-19(9-7-18)34-26(38)30-11-5-13-35(12-4-10-28)15-21-20(37)14-22(39-21)36-17-33-23-24(29)31-16-32-25(23)36/h6-9,16-17,20-22,37H,4-5,10-15,28H2,1-3H3,(H2,29,31,32)(H2,30,34,38)/t20-,21?,22?/m0/s1. The molecule has 1 aromatic carbocycles. The van der Waals surface area contributed by atoms with Gasteiger partial charge in [0.1, 0.15) is 18.1 Å². The first-order valence-electron chi connectivity index (χ1n) is 13.5. The minimum absolute atomic E-state index is 0.0639. The first-order chi connectivity index (χ1) is 18.7. The molecule has 2 amide bonds. The largest absolute Gasteiger partial charge is 0.390 e. The van der Waals surface area contributed by atoms with E-state index in [9.17, 15) is 9.90 Å². The Morgan fingerprint density at radius 1 is 1.18 bits per heavy atom. The van der Waals surface area contributed by atoms with Crippen LogP contribution in [0.1, 0.15) is 51.8 Å². The van der Waals surface area contributed by atoms with Crippen LogP contribution >= 0.6 is 0 Å². The number of aromatic nitrogens is 4. The number of carbonyl (C=O) groups is 1. The van der Waals surface area contributed by atoms with E-state index in [2.05, 4.69) is 51.3 Å². The van der Waals surface area contributed by atoms with E-state index in [4.69, 9.17) is 16.2 Å². The Morgan fingerprint density at radius 2 is 1.92 bits per heavy atom. The Hall–Kier alpha value is -3.32. The molecule has 12 heteroatoms. The number of amides is 2. The predicted molar refractivity (Wildman–Crippen MR) is 151 cm³/mol. The Bertz CT molecular complexity index is 1230. The molecule has 1 aliphatic rings. The Kier molecular flexibility index (Phi) is 9.33. The molecule has 1 saturated heterocycles. The molecular formula is C27H41N9O3. The molecule has 7 N–H and O–H groups in total. The van der Waals surface area contributed by atoms with Crippen molar-refractivity contribution in [3.63, 3.8) is 0 Å². The number of aliphatic hydroxyl groups is 1. The van der Waals surface area contributed by atoms with Gasteiger partial charge in [-0.1, -0.05) is 32.9 Å². The maximum Gasteiger partial charge on any atom is 0.319 e. The summed E-state index contributed by atoms with van der Waals surface area (Å²) in [4.78, 5) is 27.2. The van der Waals surface area contributed by atoms with Gasteiger partial charge in [0.25, 0.3) is 0 Å². The van der Waals surface area contributed by atoms with E-state index in [0.717, 1.165) is 31.6 Å². The van der Waals surface area contributed by atoms with E-state index in [0.29, 0.717) is 43.0 Å². The van der Waals surface area contributed by atoms with Crippen LogP contribution in [-0.4, -0.2) is 80.5 Å². The highest BCUT2D eigenvalue weighted by Crippen LogP contribution is 2.32. The second-order valence-corrected chi connectivity index (χ2v) is 11.0. The second kappa shape index (κ2) is 12.7. The minimum atomic E-state index is -0.638. The smallest absolute Gasteiger partial charge is 0.319 e. The maximum absolute atomic E-state index is 12.4. The zero-order chi connectivity index (χ0) is 28.0. The van der Waals surface area contributed by atoms with Crippen LogP contribution in [0.2, 0.25) is 0 Å². The third-order valence-corrected chi connectivity index (χ3v) is 6.96. The number of hydrogen-bond acceptors (Lipinski definition) is 9. The van der Waals surface area contributed by atoms with Crippen molar-refractivity contribution in [2.75, 3.05) is 43.8 Å². The average Bonchev–Trinajstić information content (AvgIpc) is 3.48. The molecule has 39 heavy (non-hydrogen) atoms. The van der Waals surface area contributed by atoms with Gasteiger partial charge in [-0.3, -0.25) is 4.57 Å². The van der Waals surface area contributed by atoms with Gasteiger partial charge < -0.3 is 36.8 Å². The highest BCUT2D eigenvalue weighted by molar-refractivity contribution is 5.89. The van der Waals surface area contributed by atoms with Crippen LogP contribution in [0.15, 0.2) is 36.9 Å².